The first-order valence-corrected chi connectivity index (χ1v) is 10.6. The number of para-hydroxylation sites is 1. The Kier molecular flexibility index (Phi) is 7.41. The molecule has 0 unspecified atom stereocenters. The third-order valence-electron chi connectivity index (χ3n) is 4.23. The predicted octanol–water partition coefficient (Wildman–Crippen LogP) is 3.14. The van der Waals surface area contributed by atoms with Gasteiger partial charge in [0.05, 0.1) is 16.8 Å². The minimum Gasteiger partial charge on any atom is -0.473 e. The third kappa shape index (κ3) is 6.64. The normalized spacial score (nSPS) is 10.4. The number of hydrogen-bond donors (Lipinski definition) is 5. The van der Waals surface area contributed by atoms with Gasteiger partial charge in [0, 0.05) is 5.69 Å². The molecule has 2 aromatic carbocycles. The van der Waals surface area contributed by atoms with Crippen LogP contribution in [0.5, 0.6) is 0 Å². The van der Waals surface area contributed by atoms with E-state index in [0.29, 0.717) is 17.5 Å². The van der Waals surface area contributed by atoms with Crippen LogP contribution in [0.15, 0.2) is 47.6 Å². The largest absolute Gasteiger partial charge is 0.473 e. The molecule has 4 rings (SSSR count). The van der Waals surface area contributed by atoms with E-state index in [0.717, 1.165) is 27.4 Å². The molecular weight excluding hydrogens is 446 g/mol. The molecule has 4 aromatic rings. The highest BCUT2D eigenvalue weighted by molar-refractivity contribution is 7.98. The molecule has 0 fully saturated rings. The highest BCUT2D eigenvalue weighted by atomic mass is 32.2. The molecule has 0 saturated carbocycles. The molecule has 0 saturated heterocycles. The van der Waals surface area contributed by atoms with E-state index in [1.807, 2.05) is 43.3 Å². The topological polar surface area (TPSA) is 180 Å². The zero-order valence-corrected chi connectivity index (χ0v) is 18.6. The Balaban J connectivity index is 0.000000454. The molecule has 170 valence electrons. The molecule has 0 aliphatic heterocycles. The standard InChI is InChI=1S/C19H19N7S.C2H2O4/c1-11-7-8-14-15(9-11)23-19(22-14)27-10-16-24-17(20)26-18(25-16)21-13-6-4-3-5-12(13)2;3-1(4)2(5)6/h3-9H,10H2,1-2H3,(H,22,23)(H3,20,21,24,25,26);(H,3,4)(H,5,6). The molecule has 0 atom stereocenters. The SMILES string of the molecule is Cc1ccc2nc(SCc3nc(N)nc(Nc4ccccc4C)n3)[nH]c2c1.O=C(O)C(=O)O. The highest BCUT2D eigenvalue weighted by Gasteiger charge is 2.09. The van der Waals surface area contributed by atoms with Gasteiger partial charge in [-0.3, -0.25) is 0 Å². The van der Waals surface area contributed by atoms with E-state index in [-0.39, 0.29) is 5.95 Å². The summed E-state index contributed by atoms with van der Waals surface area (Å²) in [6.45, 7) is 4.08. The van der Waals surface area contributed by atoms with Crippen molar-refractivity contribution in [3.8, 4) is 0 Å². The zero-order chi connectivity index (χ0) is 24.0. The minimum atomic E-state index is -1.82. The molecule has 2 heterocycles. The van der Waals surface area contributed by atoms with Crippen LogP contribution in [-0.4, -0.2) is 47.1 Å². The number of aliphatic carboxylic acids is 2. The molecule has 0 spiro atoms. The summed E-state index contributed by atoms with van der Waals surface area (Å²) in [5.74, 6) is -1.89. The van der Waals surface area contributed by atoms with Gasteiger partial charge in [0.25, 0.3) is 0 Å². The van der Waals surface area contributed by atoms with Crippen molar-refractivity contribution in [2.75, 3.05) is 11.1 Å². The molecule has 6 N–H and O–H groups in total. The molecule has 2 aromatic heterocycles. The molecule has 0 aliphatic rings. The van der Waals surface area contributed by atoms with Crippen LogP contribution in [0.3, 0.4) is 0 Å². The van der Waals surface area contributed by atoms with Crippen LogP contribution < -0.4 is 11.1 Å². The first kappa shape index (κ1) is 23.5. The van der Waals surface area contributed by atoms with Crippen molar-refractivity contribution >= 4 is 52.3 Å². The number of fused-ring (bicyclic) bond motifs is 1. The van der Waals surface area contributed by atoms with Crippen molar-refractivity contribution in [1.82, 2.24) is 24.9 Å². The number of rotatable bonds is 5. The van der Waals surface area contributed by atoms with E-state index in [4.69, 9.17) is 25.5 Å². The van der Waals surface area contributed by atoms with Crippen molar-refractivity contribution < 1.29 is 19.8 Å². The average molecular weight is 468 g/mol. The number of nitrogens with zero attached hydrogens (tertiary/aromatic N) is 4. The lowest BCUT2D eigenvalue weighted by molar-refractivity contribution is -0.159. The maximum absolute atomic E-state index is 9.10. The number of nitrogens with two attached hydrogens (primary N) is 1. The van der Waals surface area contributed by atoms with E-state index in [9.17, 15) is 0 Å². The number of H-pyrrole nitrogens is 1. The Labute approximate surface area is 192 Å². The van der Waals surface area contributed by atoms with Crippen molar-refractivity contribution in [3.63, 3.8) is 0 Å². The molecule has 0 amide bonds. The molecule has 12 heteroatoms. The van der Waals surface area contributed by atoms with Gasteiger partial charge in [0.1, 0.15) is 5.82 Å². The number of imidazole rings is 1. The number of hydrogen-bond acceptors (Lipinski definition) is 9. The Morgan fingerprint density at radius 2 is 1.76 bits per heavy atom. The van der Waals surface area contributed by atoms with E-state index in [2.05, 4.69) is 43.2 Å². The number of anilines is 3. The van der Waals surface area contributed by atoms with Gasteiger partial charge in [-0.1, -0.05) is 36.0 Å². The van der Waals surface area contributed by atoms with Crippen LogP contribution in [0.25, 0.3) is 11.0 Å². The lowest BCUT2D eigenvalue weighted by atomic mass is 10.2. The summed E-state index contributed by atoms with van der Waals surface area (Å²) < 4.78 is 0. The number of aryl methyl sites for hydroxylation is 2. The summed E-state index contributed by atoms with van der Waals surface area (Å²) in [5, 5.41) is 18.8. The second-order valence-electron chi connectivity index (χ2n) is 6.83. The summed E-state index contributed by atoms with van der Waals surface area (Å²) in [5.41, 5.74) is 11.1. The number of carboxylic acids is 2. The summed E-state index contributed by atoms with van der Waals surface area (Å²) >= 11 is 1.53. The van der Waals surface area contributed by atoms with Gasteiger partial charge in [0.2, 0.25) is 11.9 Å². The van der Waals surface area contributed by atoms with Gasteiger partial charge >= 0.3 is 11.9 Å². The summed E-state index contributed by atoms with van der Waals surface area (Å²) in [4.78, 5) is 39.0. The number of thioether (sulfide) groups is 1. The second kappa shape index (κ2) is 10.4. The number of carbonyl (C=O) groups is 2. The molecular formula is C21H21N7O4S. The van der Waals surface area contributed by atoms with Gasteiger partial charge in [-0.15, -0.1) is 0 Å². The fourth-order valence-corrected chi connectivity index (χ4v) is 3.43. The average Bonchev–Trinajstić information content (AvgIpc) is 3.16. The Morgan fingerprint density at radius 1 is 1.03 bits per heavy atom. The third-order valence-corrected chi connectivity index (χ3v) is 5.10. The minimum absolute atomic E-state index is 0.192. The van der Waals surface area contributed by atoms with Crippen molar-refractivity contribution in [2.45, 2.75) is 24.8 Å². The molecule has 0 bridgehead atoms. The zero-order valence-electron chi connectivity index (χ0n) is 17.7. The van der Waals surface area contributed by atoms with Crippen LogP contribution in [0.2, 0.25) is 0 Å². The summed E-state index contributed by atoms with van der Waals surface area (Å²) in [6.07, 6.45) is 0. The van der Waals surface area contributed by atoms with Crippen LogP contribution >= 0.6 is 11.8 Å². The number of aromatic nitrogens is 5. The summed E-state index contributed by atoms with van der Waals surface area (Å²) in [6, 6.07) is 14.1. The van der Waals surface area contributed by atoms with E-state index in [1.165, 1.54) is 17.3 Å². The number of benzene rings is 2. The number of aromatic amines is 1. The Bertz CT molecular complexity index is 1300. The quantitative estimate of drug-likeness (QED) is 0.215. The molecule has 33 heavy (non-hydrogen) atoms. The predicted molar refractivity (Wildman–Crippen MR) is 124 cm³/mol. The fourth-order valence-electron chi connectivity index (χ4n) is 2.69. The molecule has 0 aliphatic carbocycles. The lowest BCUT2D eigenvalue weighted by Crippen LogP contribution is -2.09. The molecule has 11 nitrogen and oxygen atoms in total. The molecule has 0 radical (unpaired) electrons. The fraction of sp³-hybridized carbons (Fsp3) is 0.143. The second-order valence-corrected chi connectivity index (χ2v) is 7.80. The number of nitrogens with one attached hydrogen (secondary N) is 2. The van der Waals surface area contributed by atoms with Gasteiger partial charge in [-0.25, -0.2) is 14.6 Å². The van der Waals surface area contributed by atoms with E-state index in [1.54, 1.807) is 0 Å². The van der Waals surface area contributed by atoms with Crippen LogP contribution in [0, 0.1) is 13.8 Å². The Morgan fingerprint density at radius 3 is 2.45 bits per heavy atom. The first-order chi connectivity index (χ1) is 15.7. The van der Waals surface area contributed by atoms with Crippen molar-refractivity contribution in [3.05, 3.63) is 59.4 Å². The van der Waals surface area contributed by atoms with E-state index >= 15 is 0 Å². The monoisotopic (exact) mass is 467 g/mol. The van der Waals surface area contributed by atoms with Crippen molar-refractivity contribution in [1.29, 1.82) is 0 Å². The van der Waals surface area contributed by atoms with Crippen LogP contribution in [0.4, 0.5) is 17.6 Å². The van der Waals surface area contributed by atoms with Gasteiger partial charge in [-0.2, -0.15) is 15.0 Å². The highest BCUT2D eigenvalue weighted by Crippen LogP contribution is 2.24. The maximum atomic E-state index is 9.10. The van der Waals surface area contributed by atoms with Gasteiger partial charge in [-0.05, 0) is 43.2 Å². The van der Waals surface area contributed by atoms with Gasteiger partial charge < -0.3 is 26.2 Å². The van der Waals surface area contributed by atoms with Crippen LogP contribution in [-0.2, 0) is 15.3 Å². The first-order valence-electron chi connectivity index (χ1n) is 9.59. The van der Waals surface area contributed by atoms with Gasteiger partial charge in [0.15, 0.2) is 5.16 Å². The maximum Gasteiger partial charge on any atom is 0.414 e. The smallest absolute Gasteiger partial charge is 0.414 e. The van der Waals surface area contributed by atoms with E-state index < -0.39 is 11.9 Å². The lowest BCUT2D eigenvalue weighted by Gasteiger charge is -2.09. The summed E-state index contributed by atoms with van der Waals surface area (Å²) in [7, 11) is 0. The van der Waals surface area contributed by atoms with Crippen molar-refractivity contribution in [2.24, 2.45) is 0 Å². The Hall–Kier alpha value is -4.19. The number of carboxylic acid groups (broad SMARTS) is 2. The van der Waals surface area contributed by atoms with Crippen LogP contribution in [0.1, 0.15) is 17.0 Å². The number of nitrogen functional groups attached to an aromatic ring is 1.